The average Bonchev–Trinajstić information content (AvgIpc) is 2.70. The highest BCUT2D eigenvalue weighted by Gasteiger charge is 2.26. The van der Waals surface area contributed by atoms with Crippen LogP contribution in [0.15, 0.2) is 4.99 Å². The van der Waals surface area contributed by atoms with Crippen molar-refractivity contribution in [3.63, 3.8) is 0 Å². The van der Waals surface area contributed by atoms with Gasteiger partial charge in [0.2, 0.25) is 0 Å². The normalized spacial score (nSPS) is 35.2. The first-order valence-corrected chi connectivity index (χ1v) is 7.62. The van der Waals surface area contributed by atoms with E-state index in [2.05, 4.69) is 26.1 Å². The van der Waals surface area contributed by atoms with Gasteiger partial charge in [-0.3, -0.25) is 4.99 Å². The lowest BCUT2D eigenvalue weighted by atomic mass is 9.86. The Kier molecular flexibility index (Phi) is 4.17. The zero-order chi connectivity index (χ0) is 11.5. The van der Waals surface area contributed by atoms with Crippen molar-refractivity contribution in [2.75, 3.05) is 5.75 Å². The van der Waals surface area contributed by atoms with Gasteiger partial charge in [-0.15, -0.1) is 0 Å². The second-order valence-electron chi connectivity index (χ2n) is 5.57. The fourth-order valence-electron chi connectivity index (χ4n) is 2.50. The Morgan fingerprint density at radius 2 is 2.06 bits per heavy atom. The molecule has 0 saturated heterocycles. The minimum atomic E-state index is 0.534. The van der Waals surface area contributed by atoms with Gasteiger partial charge in [0.1, 0.15) is 0 Å². The highest BCUT2D eigenvalue weighted by atomic mass is 32.2. The summed E-state index contributed by atoms with van der Waals surface area (Å²) in [6.07, 6.45) is 5.50. The zero-order valence-electron chi connectivity index (χ0n) is 10.7. The van der Waals surface area contributed by atoms with Crippen LogP contribution >= 0.6 is 11.8 Å². The van der Waals surface area contributed by atoms with Crippen molar-refractivity contribution in [3.05, 3.63) is 0 Å². The Morgan fingerprint density at radius 1 is 1.31 bits per heavy atom. The molecule has 3 heteroatoms. The third-order valence-corrected chi connectivity index (χ3v) is 4.87. The van der Waals surface area contributed by atoms with Crippen LogP contribution in [-0.4, -0.2) is 23.0 Å². The van der Waals surface area contributed by atoms with Gasteiger partial charge in [0.05, 0.1) is 6.04 Å². The summed E-state index contributed by atoms with van der Waals surface area (Å²) in [5.74, 6) is 2.66. The van der Waals surface area contributed by atoms with Crippen LogP contribution < -0.4 is 5.32 Å². The summed E-state index contributed by atoms with van der Waals surface area (Å²) in [5.41, 5.74) is 0. The number of nitrogens with zero attached hydrogens (tertiary/aromatic N) is 1. The molecule has 1 fully saturated rings. The van der Waals surface area contributed by atoms with Crippen LogP contribution in [0.25, 0.3) is 0 Å². The lowest BCUT2D eigenvalue weighted by molar-refractivity contribution is 0.309. The Morgan fingerprint density at radius 3 is 2.69 bits per heavy atom. The maximum atomic E-state index is 4.78. The molecule has 1 N–H and O–H groups in total. The number of nitrogens with one attached hydrogen (secondary N) is 1. The molecule has 2 nitrogen and oxygen atoms in total. The standard InChI is InChI=1S/C13H24N2S/c1-9(2)12-8-16-13(15-12)14-11-7-5-4-6-10(11)3/h9-12H,4-8H2,1-3H3,(H,14,15)/t10?,11?,12-/m1/s1. The predicted octanol–water partition coefficient (Wildman–Crippen LogP) is 3.28. The van der Waals surface area contributed by atoms with E-state index in [4.69, 9.17) is 4.99 Å². The molecule has 0 spiro atoms. The van der Waals surface area contributed by atoms with Gasteiger partial charge in [-0.1, -0.05) is 45.4 Å². The van der Waals surface area contributed by atoms with Crippen LogP contribution in [0.1, 0.15) is 46.5 Å². The molecule has 92 valence electrons. The van der Waals surface area contributed by atoms with Gasteiger partial charge in [-0.05, 0) is 24.7 Å². The molecule has 1 saturated carbocycles. The molecule has 1 aliphatic carbocycles. The van der Waals surface area contributed by atoms with E-state index < -0.39 is 0 Å². The molecule has 0 bridgehead atoms. The van der Waals surface area contributed by atoms with Crippen LogP contribution in [-0.2, 0) is 0 Å². The number of aliphatic imine (C=N–C) groups is 1. The number of amidine groups is 1. The number of hydrogen-bond acceptors (Lipinski definition) is 3. The quantitative estimate of drug-likeness (QED) is 0.801. The molecule has 0 aromatic rings. The number of rotatable bonds is 2. The highest BCUT2D eigenvalue weighted by Crippen LogP contribution is 2.27. The van der Waals surface area contributed by atoms with Gasteiger partial charge in [0.25, 0.3) is 0 Å². The van der Waals surface area contributed by atoms with Crippen molar-refractivity contribution in [1.29, 1.82) is 0 Å². The molecule has 2 aliphatic rings. The minimum Gasteiger partial charge on any atom is -0.362 e. The Hall–Kier alpha value is -0.180. The van der Waals surface area contributed by atoms with Gasteiger partial charge in [-0.2, -0.15) is 0 Å². The van der Waals surface area contributed by atoms with Crippen molar-refractivity contribution in [3.8, 4) is 0 Å². The first-order valence-electron chi connectivity index (χ1n) is 6.64. The van der Waals surface area contributed by atoms with E-state index in [-0.39, 0.29) is 0 Å². The minimum absolute atomic E-state index is 0.534. The first-order chi connectivity index (χ1) is 7.66. The van der Waals surface area contributed by atoms with E-state index in [1.165, 1.54) is 36.6 Å². The molecular weight excluding hydrogens is 216 g/mol. The maximum absolute atomic E-state index is 4.78. The Balaban J connectivity index is 1.87. The van der Waals surface area contributed by atoms with Gasteiger partial charge >= 0.3 is 0 Å². The number of hydrogen-bond donors (Lipinski definition) is 1. The summed E-state index contributed by atoms with van der Waals surface area (Å²) < 4.78 is 0. The van der Waals surface area contributed by atoms with E-state index in [0.717, 1.165) is 5.92 Å². The van der Waals surface area contributed by atoms with Crippen LogP contribution in [0.2, 0.25) is 0 Å². The van der Waals surface area contributed by atoms with Crippen LogP contribution in [0.3, 0.4) is 0 Å². The number of thioether (sulfide) groups is 1. The van der Waals surface area contributed by atoms with Gasteiger partial charge < -0.3 is 5.32 Å². The molecular formula is C13H24N2S. The van der Waals surface area contributed by atoms with Crippen molar-refractivity contribution in [2.24, 2.45) is 16.8 Å². The molecule has 1 aliphatic heterocycles. The van der Waals surface area contributed by atoms with Crippen molar-refractivity contribution < 1.29 is 0 Å². The van der Waals surface area contributed by atoms with Crippen LogP contribution in [0.4, 0.5) is 0 Å². The summed E-state index contributed by atoms with van der Waals surface area (Å²) in [6.45, 7) is 6.90. The topological polar surface area (TPSA) is 24.4 Å². The Bertz CT molecular complexity index is 263. The van der Waals surface area contributed by atoms with Gasteiger partial charge in [-0.25, -0.2) is 0 Å². The smallest absolute Gasteiger partial charge is 0.157 e. The molecule has 0 aromatic heterocycles. The fraction of sp³-hybridized carbons (Fsp3) is 0.923. The fourth-order valence-corrected chi connectivity index (χ4v) is 3.73. The summed E-state index contributed by atoms with van der Waals surface area (Å²) in [6, 6.07) is 1.21. The Labute approximate surface area is 104 Å². The van der Waals surface area contributed by atoms with E-state index in [1.54, 1.807) is 0 Å². The zero-order valence-corrected chi connectivity index (χ0v) is 11.5. The SMILES string of the molecule is CC1CCCCC1NC1=N[C@@H](C(C)C)CS1. The van der Waals surface area contributed by atoms with E-state index in [0.29, 0.717) is 18.0 Å². The molecule has 3 atom stereocenters. The monoisotopic (exact) mass is 240 g/mol. The van der Waals surface area contributed by atoms with Gasteiger partial charge in [0, 0.05) is 11.8 Å². The van der Waals surface area contributed by atoms with Crippen molar-refractivity contribution in [2.45, 2.75) is 58.5 Å². The van der Waals surface area contributed by atoms with E-state index in [1.807, 2.05) is 11.8 Å². The molecule has 2 rings (SSSR count). The molecule has 16 heavy (non-hydrogen) atoms. The summed E-state index contributed by atoms with van der Waals surface area (Å²) in [7, 11) is 0. The van der Waals surface area contributed by atoms with Crippen LogP contribution in [0.5, 0.6) is 0 Å². The average molecular weight is 240 g/mol. The predicted molar refractivity (Wildman–Crippen MR) is 73.1 cm³/mol. The summed E-state index contributed by atoms with van der Waals surface area (Å²) in [5, 5.41) is 4.87. The van der Waals surface area contributed by atoms with Crippen LogP contribution in [0, 0.1) is 11.8 Å². The molecule has 0 aromatic carbocycles. The molecule has 0 radical (unpaired) electrons. The van der Waals surface area contributed by atoms with Crippen molar-refractivity contribution in [1.82, 2.24) is 5.32 Å². The first kappa shape index (κ1) is 12.3. The molecule has 0 amide bonds. The summed E-state index contributed by atoms with van der Waals surface area (Å²) in [4.78, 5) is 4.78. The van der Waals surface area contributed by atoms with Crippen molar-refractivity contribution >= 4 is 16.9 Å². The lowest BCUT2D eigenvalue weighted by Gasteiger charge is -2.29. The lowest BCUT2D eigenvalue weighted by Crippen LogP contribution is -2.39. The second-order valence-corrected chi connectivity index (χ2v) is 6.58. The largest absolute Gasteiger partial charge is 0.362 e. The maximum Gasteiger partial charge on any atom is 0.157 e. The van der Waals surface area contributed by atoms with Gasteiger partial charge in [0.15, 0.2) is 5.17 Å². The third-order valence-electron chi connectivity index (χ3n) is 3.86. The second kappa shape index (κ2) is 5.44. The van der Waals surface area contributed by atoms with E-state index in [9.17, 15) is 0 Å². The molecule has 2 unspecified atom stereocenters. The molecule has 1 heterocycles. The van der Waals surface area contributed by atoms with E-state index >= 15 is 0 Å². The third kappa shape index (κ3) is 2.93. The summed E-state index contributed by atoms with van der Waals surface area (Å²) >= 11 is 1.91. The highest BCUT2D eigenvalue weighted by molar-refractivity contribution is 8.14.